The maximum absolute atomic E-state index is 13.5. The third kappa shape index (κ3) is 5.61. The summed E-state index contributed by atoms with van der Waals surface area (Å²) < 4.78 is 39.7. The van der Waals surface area contributed by atoms with Gasteiger partial charge in [-0.3, -0.25) is 9.59 Å². The van der Waals surface area contributed by atoms with Gasteiger partial charge in [0.2, 0.25) is 15.9 Å². The zero-order valence-corrected chi connectivity index (χ0v) is 17.3. The Balaban J connectivity index is 1.97. The number of hydrogen-bond acceptors (Lipinski definition) is 4. The summed E-state index contributed by atoms with van der Waals surface area (Å²) >= 11 is 0. The van der Waals surface area contributed by atoms with E-state index in [1.165, 1.54) is 40.7 Å². The third-order valence-electron chi connectivity index (χ3n) is 4.32. The van der Waals surface area contributed by atoms with E-state index in [4.69, 9.17) is 0 Å². The molecule has 0 aliphatic carbocycles. The van der Waals surface area contributed by atoms with Gasteiger partial charge in [-0.2, -0.15) is 4.31 Å². The summed E-state index contributed by atoms with van der Waals surface area (Å²) in [6.45, 7) is 5.49. The van der Waals surface area contributed by atoms with Crippen molar-refractivity contribution in [1.29, 1.82) is 0 Å². The number of halogens is 1. The molecule has 0 spiro atoms. The minimum Gasteiger partial charge on any atom is -0.343 e. The summed E-state index contributed by atoms with van der Waals surface area (Å²) in [5, 5.41) is 4.94. The molecule has 2 rings (SSSR count). The van der Waals surface area contributed by atoms with Crippen LogP contribution in [0.5, 0.6) is 0 Å². The van der Waals surface area contributed by atoms with Crippen LogP contribution in [0.4, 0.5) is 10.1 Å². The minimum atomic E-state index is -3.60. The molecule has 2 amide bonds. The Kier molecular flexibility index (Phi) is 7.46. The summed E-state index contributed by atoms with van der Waals surface area (Å²) in [6.07, 6.45) is 0. The molecule has 0 fully saturated rings. The van der Waals surface area contributed by atoms with Crippen molar-refractivity contribution >= 4 is 27.5 Å². The average molecular weight is 421 g/mol. The van der Waals surface area contributed by atoms with Crippen LogP contribution in [0.2, 0.25) is 0 Å². The van der Waals surface area contributed by atoms with Crippen LogP contribution in [-0.4, -0.2) is 44.2 Å². The SMILES string of the molecule is CCN(CC)S(=O)(=O)c1ccc(C(=O)NCC(=O)Nc2ccc(C)c(F)c2)cc1. The van der Waals surface area contributed by atoms with E-state index in [0.717, 1.165) is 0 Å². The second-order valence-electron chi connectivity index (χ2n) is 6.31. The Morgan fingerprint density at radius 3 is 2.21 bits per heavy atom. The van der Waals surface area contributed by atoms with Crippen LogP contribution in [0, 0.1) is 12.7 Å². The Labute approximate surface area is 170 Å². The van der Waals surface area contributed by atoms with Gasteiger partial charge in [0.05, 0.1) is 11.4 Å². The Morgan fingerprint density at radius 1 is 1.03 bits per heavy atom. The first-order valence-corrected chi connectivity index (χ1v) is 10.6. The first kappa shape index (κ1) is 22.5. The number of carbonyl (C=O) groups is 2. The third-order valence-corrected chi connectivity index (χ3v) is 6.39. The normalized spacial score (nSPS) is 11.3. The van der Waals surface area contributed by atoms with Crippen molar-refractivity contribution in [2.75, 3.05) is 25.0 Å². The maximum Gasteiger partial charge on any atom is 0.251 e. The van der Waals surface area contributed by atoms with E-state index >= 15 is 0 Å². The summed E-state index contributed by atoms with van der Waals surface area (Å²) in [4.78, 5) is 24.2. The van der Waals surface area contributed by atoms with Crippen molar-refractivity contribution in [2.45, 2.75) is 25.7 Å². The highest BCUT2D eigenvalue weighted by molar-refractivity contribution is 7.89. The number of amides is 2. The molecule has 0 unspecified atom stereocenters. The summed E-state index contributed by atoms with van der Waals surface area (Å²) in [7, 11) is -3.60. The lowest BCUT2D eigenvalue weighted by Gasteiger charge is -2.18. The van der Waals surface area contributed by atoms with Gasteiger partial charge >= 0.3 is 0 Å². The van der Waals surface area contributed by atoms with Crippen molar-refractivity contribution < 1.29 is 22.4 Å². The van der Waals surface area contributed by atoms with E-state index in [1.807, 2.05) is 0 Å². The Hall–Kier alpha value is -2.78. The quantitative estimate of drug-likeness (QED) is 0.685. The van der Waals surface area contributed by atoms with Gasteiger partial charge in [0.15, 0.2) is 0 Å². The fourth-order valence-corrected chi connectivity index (χ4v) is 4.09. The first-order valence-electron chi connectivity index (χ1n) is 9.13. The van der Waals surface area contributed by atoms with Crippen molar-refractivity contribution in [3.8, 4) is 0 Å². The van der Waals surface area contributed by atoms with E-state index in [0.29, 0.717) is 24.3 Å². The molecular weight excluding hydrogens is 397 g/mol. The van der Waals surface area contributed by atoms with Crippen LogP contribution in [0.25, 0.3) is 0 Å². The number of rotatable bonds is 8. The smallest absolute Gasteiger partial charge is 0.251 e. The molecule has 0 bridgehead atoms. The van der Waals surface area contributed by atoms with Gasteiger partial charge in [0.25, 0.3) is 5.91 Å². The molecule has 7 nitrogen and oxygen atoms in total. The fraction of sp³-hybridized carbons (Fsp3) is 0.300. The summed E-state index contributed by atoms with van der Waals surface area (Å²) in [5.41, 5.74) is 0.971. The molecule has 0 aliphatic rings. The molecule has 2 aromatic carbocycles. The monoisotopic (exact) mass is 421 g/mol. The lowest BCUT2D eigenvalue weighted by molar-refractivity contribution is -0.115. The molecular formula is C20H24FN3O4S. The predicted octanol–water partition coefficient (Wildman–Crippen LogP) is 2.53. The number of hydrogen-bond donors (Lipinski definition) is 2. The average Bonchev–Trinajstić information content (AvgIpc) is 2.70. The van der Waals surface area contributed by atoms with Gasteiger partial charge in [-0.05, 0) is 48.9 Å². The molecule has 0 radical (unpaired) electrons. The Bertz CT molecular complexity index is 987. The lowest BCUT2D eigenvalue weighted by atomic mass is 10.2. The second kappa shape index (κ2) is 9.62. The number of anilines is 1. The van der Waals surface area contributed by atoms with Gasteiger partial charge in [0.1, 0.15) is 5.82 Å². The van der Waals surface area contributed by atoms with Gasteiger partial charge in [-0.1, -0.05) is 19.9 Å². The highest BCUT2D eigenvalue weighted by Crippen LogP contribution is 2.16. The minimum absolute atomic E-state index is 0.0943. The number of carbonyl (C=O) groups excluding carboxylic acids is 2. The van der Waals surface area contributed by atoms with Gasteiger partial charge in [-0.15, -0.1) is 0 Å². The number of sulfonamides is 1. The number of aryl methyl sites for hydroxylation is 1. The molecule has 0 heterocycles. The summed E-state index contributed by atoms with van der Waals surface area (Å²) in [5.74, 6) is -1.48. The standard InChI is InChI=1S/C20H24FN3O4S/c1-4-24(5-2)29(27,28)17-10-7-15(8-11-17)20(26)22-13-19(25)23-16-9-6-14(3)18(21)12-16/h6-12H,4-5,13H2,1-3H3,(H,22,26)(H,23,25). The number of nitrogens with zero attached hydrogens (tertiary/aromatic N) is 1. The molecule has 0 saturated carbocycles. The molecule has 2 aromatic rings. The first-order chi connectivity index (χ1) is 13.7. The highest BCUT2D eigenvalue weighted by atomic mass is 32.2. The molecule has 0 saturated heterocycles. The van der Waals surface area contributed by atoms with E-state index < -0.39 is 27.7 Å². The van der Waals surface area contributed by atoms with Crippen LogP contribution in [-0.2, 0) is 14.8 Å². The predicted molar refractivity (Wildman–Crippen MR) is 109 cm³/mol. The maximum atomic E-state index is 13.5. The molecule has 0 aromatic heterocycles. The fourth-order valence-electron chi connectivity index (χ4n) is 2.63. The molecule has 0 aliphatic heterocycles. The highest BCUT2D eigenvalue weighted by Gasteiger charge is 2.21. The van der Waals surface area contributed by atoms with Crippen molar-refractivity contribution in [3.63, 3.8) is 0 Å². The van der Waals surface area contributed by atoms with Crippen molar-refractivity contribution in [2.24, 2.45) is 0 Å². The molecule has 2 N–H and O–H groups in total. The second-order valence-corrected chi connectivity index (χ2v) is 8.25. The van der Waals surface area contributed by atoms with Crippen LogP contribution >= 0.6 is 0 Å². The van der Waals surface area contributed by atoms with E-state index in [2.05, 4.69) is 10.6 Å². The zero-order valence-electron chi connectivity index (χ0n) is 16.5. The number of nitrogens with one attached hydrogen (secondary N) is 2. The molecule has 29 heavy (non-hydrogen) atoms. The van der Waals surface area contributed by atoms with Crippen LogP contribution in [0.15, 0.2) is 47.4 Å². The number of benzene rings is 2. The molecule has 0 atom stereocenters. The molecule has 156 valence electrons. The summed E-state index contributed by atoms with van der Waals surface area (Å²) in [6, 6.07) is 9.79. The molecule has 9 heteroatoms. The topological polar surface area (TPSA) is 95.6 Å². The van der Waals surface area contributed by atoms with Crippen LogP contribution in [0.3, 0.4) is 0 Å². The van der Waals surface area contributed by atoms with E-state index in [1.54, 1.807) is 26.8 Å². The zero-order chi connectivity index (χ0) is 21.6. The Morgan fingerprint density at radius 2 is 1.66 bits per heavy atom. The van der Waals surface area contributed by atoms with Gasteiger partial charge in [0, 0.05) is 24.3 Å². The van der Waals surface area contributed by atoms with E-state index in [-0.39, 0.29) is 17.0 Å². The van der Waals surface area contributed by atoms with Crippen LogP contribution in [0.1, 0.15) is 29.8 Å². The van der Waals surface area contributed by atoms with Crippen LogP contribution < -0.4 is 10.6 Å². The van der Waals surface area contributed by atoms with E-state index in [9.17, 15) is 22.4 Å². The van der Waals surface area contributed by atoms with Gasteiger partial charge < -0.3 is 10.6 Å². The lowest BCUT2D eigenvalue weighted by Crippen LogP contribution is -2.33. The largest absolute Gasteiger partial charge is 0.343 e. The van der Waals surface area contributed by atoms with Gasteiger partial charge in [-0.25, -0.2) is 12.8 Å². The van der Waals surface area contributed by atoms with Crippen molar-refractivity contribution in [3.05, 3.63) is 59.4 Å². The van der Waals surface area contributed by atoms with Crippen molar-refractivity contribution in [1.82, 2.24) is 9.62 Å².